The number of aliphatic hydroxyl groups excluding tert-OH is 2. The molecule has 4 nitrogen and oxygen atoms in total. The van der Waals surface area contributed by atoms with E-state index in [9.17, 15) is 5.11 Å². The van der Waals surface area contributed by atoms with E-state index in [0.717, 1.165) is 10.0 Å². The first-order valence-corrected chi connectivity index (χ1v) is 7.08. The van der Waals surface area contributed by atoms with Gasteiger partial charge in [-0.15, -0.1) is 0 Å². The molecule has 0 aliphatic rings. The molecule has 0 radical (unpaired) electrons. The van der Waals surface area contributed by atoms with E-state index < -0.39 is 6.10 Å². The second-order valence-electron chi connectivity index (χ2n) is 4.92. The fraction of sp³-hybridized carbons (Fsp3) is 0.571. The summed E-state index contributed by atoms with van der Waals surface area (Å²) >= 11 is 3.39. The van der Waals surface area contributed by atoms with Gasteiger partial charge in [0.2, 0.25) is 0 Å². The normalized spacial score (nSPS) is 16.1. The van der Waals surface area contributed by atoms with Gasteiger partial charge in [0.25, 0.3) is 0 Å². The van der Waals surface area contributed by atoms with Crippen molar-refractivity contribution in [3.05, 3.63) is 34.3 Å². The van der Waals surface area contributed by atoms with E-state index in [-0.39, 0.29) is 12.1 Å². The largest absolute Gasteiger partial charge is 0.396 e. The maximum Gasteiger partial charge on any atom is 0.0914 e. The van der Waals surface area contributed by atoms with Crippen LogP contribution < -0.4 is 5.32 Å². The Bertz CT molecular complexity index is 381. The molecule has 3 N–H and O–H groups in total. The summed E-state index contributed by atoms with van der Waals surface area (Å²) in [5, 5.41) is 22.5. The lowest BCUT2D eigenvalue weighted by Crippen LogP contribution is -2.48. The number of hydrogen-bond donors (Lipinski definition) is 3. The molecule has 0 bridgehead atoms. The van der Waals surface area contributed by atoms with E-state index in [2.05, 4.69) is 21.2 Å². The highest BCUT2D eigenvalue weighted by atomic mass is 79.9. The average Bonchev–Trinajstić information content (AvgIpc) is 2.37. The fourth-order valence-electron chi connectivity index (χ4n) is 1.95. The third-order valence-electron chi connectivity index (χ3n) is 3.08. The number of methoxy groups -OCH3 is 1. The average molecular weight is 332 g/mol. The molecule has 0 aliphatic heterocycles. The van der Waals surface area contributed by atoms with Gasteiger partial charge in [0.05, 0.1) is 12.7 Å². The van der Waals surface area contributed by atoms with E-state index in [1.807, 2.05) is 31.2 Å². The highest BCUT2D eigenvalue weighted by Gasteiger charge is 2.24. The molecule has 108 valence electrons. The molecule has 0 saturated carbocycles. The Morgan fingerprint density at radius 1 is 1.47 bits per heavy atom. The van der Waals surface area contributed by atoms with Crippen molar-refractivity contribution in [1.82, 2.24) is 5.32 Å². The standard InChI is InChI=1S/C14H22BrNO3/c1-14(6-7-17,10-19-2)16-9-13(18)11-4-3-5-12(15)8-11/h3-5,8,13,16-18H,6-7,9-10H2,1-2H3. The van der Waals surface area contributed by atoms with Gasteiger partial charge in [-0.05, 0) is 31.0 Å². The molecule has 2 atom stereocenters. The van der Waals surface area contributed by atoms with Gasteiger partial charge < -0.3 is 20.3 Å². The first-order chi connectivity index (χ1) is 9.00. The zero-order chi connectivity index (χ0) is 14.3. The van der Waals surface area contributed by atoms with Gasteiger partial charge >= 0.3 is 0 Å². The first-order valence-electron chi connectivity index (χ1n) is 6.29. The van der Waals surface area contributed by atoms with Gasteiger partial charge in [0, 0.05) is 30.3 Å². The van der Waals surface area contributed by atoms with Crippen LogP contribution in [0.1, 0.15) is 25.0 Å². The van der Waals surface area contributed by atoms with Crippen molar-refractivity contribution in [1.29, 1.82) is 0 Å². The van der Waals surface area contributed by atoms with Gasteiger partial charge in [0.15, 0.2) is 0 Å². The van der Waals surface area contributed by atoms with Crippen molar-refractivity contribution in [2.45, 2.75) is 25.0 Å². The molecular weight excluding hydrogens is 310 g/mol. The maximum absolute atomic E-state index is 10.2. The van der Waals surface area contributed by atoms with Crippen LogP contribution in [0.4, 0.5) is 0 Å². The molecule has 1 aromatic rings. The number of nitrogens with one attached hydrogen (secondary N) is 1. The van der Waals surface area contributed by atoms with Crippen LogP contribution in [-0.2, 0) is 4.74 Å². The zero-order valence-electron chi connectivity index (χ0n) is 11.4. The number of β-amino-alcohol motifs (C(OH)–C–C–N with tert-alkyl or cyclic N) is 1. The molecule has 5 heteroatoms. The van der Waals surface area contributed by atoms with Crippen molar-refractivity contribution in [2.24, 2.45) is 0 Å². The minimum absolute atomic E-state index is 0.0832. The van der Waals surface area contributed by atoms with E-state index in [0.29, 0.717) is 19.6 Å². The Hall–Kier alpha value is -0.460. The van der Waals surface area contributed by atoms with Crippen LogP contribution in [-0.4, -0.2) is 42.6 Å². The number of aliphatic hydroxyl groups is 2. The molecule has 0 aromatic heterocycles. The minimum atomic E-state index is -0.590. The fourth-order valence-corrected chi connectivity index (χ4v) is 2.37. The van der Waals surface area contributed by atoms with E-state index in [1.54, 1.807) is 7.11 Å². The van der Waals surface area contributed by atoms with Crippen molar-refractivity contribution in [2.75, 3.05) is 26.9 Å². The van der Waals surface area contributed by atoms with Gasteiger partial charge in [-0.3, -0.25) is 0 Å². The minimum Gasteiger partial charge on any atom is -0.396 e. The molecule has 0 aliphatic carbocycles. The predicted octanol–water partition coefficient (Wildman–Crippen LogP) is 1.86. The highest BCUT2D eigenvalue weighted by molar-refractivity contribution is 9.10. The summed E-state index contributed by atoms with van der Waals surface area (Å²) in [6.07, 6.45) is -0.0150. The van der Waals surface area contributed by atoms with E-state index in [4.69, 9.17) is 9.84 Å². The molecule has 19 heavy (non-hydrogen) atoms. The SMILES string of the molecule is COCC(C)(CCO)NCC(O)c1cccc(Br)c1. The van der Waals surface area contributed by atoms with Crippen molar-refractivity contribution >= 4 is 15.9 Å². The monoisotopic (exact) mass is 331 g/mol. The Morgan fingerprint density at radius 3 is 2.79 bits per heavy atom. The lowest BCUT2D eigenvalue weighted by Gasteiger charge is -2.30. The molecule has 2 unspecified atom stereocenters. The van der Waals surface area contributed by atoms with Crippen LogP contribution >= 0.6 is 15.9 Å². The third-order valence-corrected chi connectivity index (χ3v) is 3.58. The van der Waals surface area contributed by atoms with Crippen LogP contribution in [0.5, 0.6) is 0 Å². The van der Waals surface area contributed by atoms with Crippen LogP contribution in [0.25, 0.3) is 0 Å². The predicted molar refractivity (Wildman–Crippen MR) is 79.1 cm³/mol. The quantitative estimate of drug-likeness (QED) is 0.680. The Balaban J connectivity index is 2.58. The topological polar surface area (TPSA) is 61.7 Å². The molecule has 1 aromatic carbocycles. The number of benzene rings is 1. The first kappa shape index (κ1) is 16.6. The molecule has 0 saturated heterocycles. The summed E-state index contributed by atoms with van der Waals surface area (Å²) in [6.45, 7) is 2.95. The zero-order valence-corrected chi connectivity index (χ0v) is 13.0. The van der Waals surface area contributed by atoms with Gasteiger partial charge in [-0.2, -0.15) is 0 Å². The third kappa shape index (κ3) is 5.58. The highest BCUT2D eigenvalue weighted by Crippen LogP contribution is 2.19. The lowest BCUT2D eigenvalue weighted by atomic mass is 9.98. The van der Waals surface area contributed by atoms with Crippen molar-refractivity contribution in [3.8, 4) is 0 Å². The second kappa shape index (κ2) is 7.97. The second-order valence-corrected chi connectivity index (χ2v) is 5.83. The maximum atomic E-state index is 10.2. The molecule has 0 fully saturated rings. The number of ether oxygens (including phenoxy) is 1. The molecule has 0 heterocycles. The van der Waals surface area contributed by atoms with Crippen molar-refractivity contribution < 1.29 is 14.9 Å². The Morgan fingerprint density at radius 2 is 2.21 bits per heavy atom. The summed E-state index contributed by atoms with van der Waals surface area (Å²) in [4.78, 5) is 0. The van der Waals surface area contributed by atoms with Crippen LogP contribution in [0.3, 0.4) is 0 Å². The summed E-state index contributed by atoms with van der Waals surface area (Å²) in [5.41, 5.74) is 0.516. The van der Waals surface area contributed by atoms with E-state index in [1.165, 1.54) is 0 Å². The lowest BCUT2D eigenvalue weighted by molar-refractivity contribution is 0.0822. The summed E-state index contributed by atoms with van der Waals surface area (Å²) in [7, 11) is 1.63. The van der Waals surface area contributed by atoms with E-state index >= 15 is 0 Å². The number of hydrogen-bond acceptors (Lipinski definition) is 4. The van der Waals surface area contributed by atoms with Gasteiger partial charge in [-0.25, -0.2) is 0 Å². The van der Waals surface area contributed by atoms with Gasteiger partial charge in [0.1, 0.15) is 0 Å². The molecule has 0 amide bonds. The summed E-state index contributed by atoms with van der Waals surface area (Å²) in [6, 6.07) is 7.60. The number of halogens is 1. The summed E-state index contributed by atoms with van der Waals surface area (Å²) < 4.78 is 6.10. The number of rotatable bonds is 8. The van der Waals surface area contributed by atoms with Crippen LogP contribution in [0, 0.1) is 0 Å². The molecular formula is C14H22BrNO3. The van der Waals surface area contributed by atoms with Crippen molar-refractivity contribution in [3.63, 3.8) is 0 Å². The van der Waals surface area contributed by atoms with Crippen LogP contribution in [0.2, 0.25) is 0 Å². The van der Waals surface area contributed by atoms with Crippen LogP contribution in [0.15, 0.2) is 28.7 Å². The Labute approximate surface area is 122 Å². The molecule has 0 spiro atoms. The smallest absolute Gasteiger partial charge is 0.0914 e. The Kier molecular flexibility index (Phi) is 6.96. The van der Waals surface area contributed by atoms with Gasteiger partial charge in [-0.1, -0.05) is 28.1 Å². The summed E-state index contributed by atoms with van der Waals surface area (Å²) in [5.74, 6) is 0. The molecule has 1 rings (SSSR count).